The first-order valence-corrected chi connectivity index (χ1v) is 8.86. The Kier molecular flexibility index (Phi) is 4.79. The van der Waals surface area contributed by atoms with E-state index < -0.39 is 16.1 Å². The minimum absolute atomic E-state index is 0.0196. The summed E-state index contributed by atoms with van der Waals surface area (Å²) >= 11 is 1.12. The number of nitrogens with one attached hydrogen (secondary N) is 1. The van der Waals surface area contributed by atoms with Crippen LogP contribution < -0.4 is 10.5 Å². The number of rotatable bonds is 4. The van der Waals surface area contributed by atoms with Crippen LogP contribution in [-0.4, -0.2) is 44.4 Å². The van der Waals surface area contributed by atoms with Gasteiger partial charge in [-0.05, 0) is 31.2 Å². The zero-order chi connectivity index (χ0) is 14.8. The highest BCUT2D eigenvalue weighted by molar-refractivity contribution is 7.91. The molecule has 0 radical (unpaired) electrons. The number of sulfonamides is 1. The summed E-state index contributed by atoms with van der Waals surface area (Å²) in [5.41, 5.74) is 5.84. The molecule has 1 amide bonds. The Morgan fingerprint density at radius 2 is 2.35 bits per heavy atom. The summed E-state index contributed by atoms with van der Waals surface area (Å²) in [5.74, 6) is -0.222. The second kappa shape index (κ2) is 6.21. The summed E-state index contributed by atoms with van der Waals surface area (Å²) in [6.45, 7) is 2.69. The van der Waals surface area contributed by atoms with Crippen molar-refractivity contribution in [2.75, 3.05) is 13.1 Å². The van der Waals surface area contributed by atoms with Crippen molar-refractivity contribution >= 4 is 27.3 Å². The fourth-order valence-electron chi connectivity index (χ4n) is 2.24. The monoisotopic (exact) mass is 317 g/mol. The normalized spacial score (nSPS) is 21.7. The molecule has 1 aliphatic rings. The minimum Gasteiger partial charge on any atom is -0.340 e. The van der Waals surface area contributed by atoms with Gasteiger partial charge in [0.1, 0.15) is 4.21 Å². The summed E-state index contributed by atoms with van der Waals surface area (Å²) in [6.07, 6.45) is 1.76. The molecule has 1 aromatic rings. The van der Waals surface area contributed by atoms with E-state index in [4.69, 9.17) is 5.73 Å². The molecular formula is C12H19N3O3S2. The predicted octanol–water partition coefficient (Wildman–Crippen LogP) is 0.365. The van der Waals surface area contributed by atoms with Crippen molar-refractivity contribution in [1.82, 2.24) is 9.62 Å². The topological polar surface area (TPSA) is 92.5 Å². The maximum absolute atomic E-state index is 12.2. The van der Waals surface area contributed by atoms with Crippen molar-refractivity contribution in [2.45, 2.75) is 36.1 Å². The molecule has 6 nitrogen and oxygen atoms in total. The van der Waals surface area contributed by atoms with Gasteiger partial charge in [0.25, 0.3) is 10.0 Å². The molecule has 2 heterocycles. The highest BCUT2D eigenvalue weighted by atomic mass is 32.2. The first kappa shape index (κ1) is 15.4. The van der Waals surface area contributed by atoms with Crippen molar-refractivity contribution in [3.05, 3.63) is 17.5 Å². The number of nitrogens with two attached hydrogens (primary N) is 1. The zero-order valence-electron chi connectivity index (χ0n) is 11.3. The largest absolute Gasteiger partial charge is 0.340 e. The number of hydrogen-bond donors (Lipinski definition) is 2. The number of hydrogen-bond acceptors (Lipinski definition) is 5. The molecule has 0 saturated carbocycles. The highest BCUT2D eigenvalue weighted by Gasteiger charge is 2.28. The SMILES string of the molecule is CC(NS(=O)(=O)c1cccs1)C(=O)N1CCCC(N)C1. The predicted molar refractivity (Wildman–Crippen MR) is 77.9 cm³/mol. The zero-order valence-corrected chi connectivity index (χ0v) is 12.9. The van der Waals surface area contributed by atoms with Gasteiger partial charge in [-0.3, -0.25) is 4.79 Å². The first-order valence-electron chi connectivity index (χ1n) is 6.50. The van der Waals surface area contributed by atoms with E-state index in [2.05, 4.69) is 4.72 Å². The van der Waals surface area contributed by atoms with E-state index in [1.54, 1.807) is 23.3 Å². The Labute approximate surface area is 123 Å². The van der Waals surface area contributed by atoms with Gasteiger partial charge in [-0.15, -0.1) is 11.3 Å². The second-order valence-electron chi connectivity index (χ2n) is 4.96. The van der Waals surface area contributed by atoms with E-state index in [0.717, 1.165) is 24.2 Å². The van der Waals surface area contributed by atoms with Crippen LogP contribution in [0.2, 0.25) is 0 Å². The van der Waals surface area contributed by atoms with Gasteiger partial charge in [0, 0.05) is 19.1 Å². The number of piperidine rings is 1. The molecular weight excluding hydrogens is 298 g/mol. The van der Waals surface area contributed by atoms with Crippen LogP contribution in [0.15, 0.2) is 21.7 Å². The lowest BCUT2D eigenvalue weighted by Gasteiger charge is -2.32. The summed E-state index contributed by atoms with van der Waals surface area (Å²) in [4.78, 5) is 13.9. The molecule has 2 unspecified atom stereocenters. The van der Waals surface area contributed by atoms with Gasteiger partial charge in [0.2, 0.25) is 5.91 Å². The molecule has 112 valence electrons. The summed E-state index contributed by atoms with van der Waals surface area (Å²) < 4.78 is 26.8. The fourth-order valence-corrected chi connectivity index (χ4v) is 4.45. The molecule has 0 aromatic carbocycles. The molecule has 0 spiro atoms. The maximum Gasteiger partial charge on any atom is 0.250 e. The van der Waals surface area contributed by atoms with Gasteiger partial charge in [0.15, 0.2) is 0 Å². The van der Waals surface area contributed by atoms with E-state index in [9.17, 15) is 13.2 Å². The van der Waals surface area contributed by atoms with E-state index in [0.29, 0.717) is 13.1 Å². The quantitative estimate of drug-likeness (QED) is 0.839. The smallest absolute Gasteiger partial charge is 0.250 e. The third-order valence-electron chi connectivity index (χ3n) is 3.23. The molecule has 1 saturated heterocycles. The van der Waals surface area contributed by atoms with E-state index in [-0.39, 0.29) is 16.2 Å². The fraction of sp³-hybridized carbons (Fsp3) is 0.583. The van der Waals surface area contributed by atoms with Crippen LogP contribution in [0.4, 0.5) is 0 Å². The third-order valence-corrected chi connectivity index (χ3v) is 6.17. The number of thiophene rings is 1. The number of carbonyl (C=O) groups excluding carboxylic acids is 1. The Morgan fingerprint density at radius 3 is 2.95 bits per heavy atom. The van der Waals surface area contributed by atoms with Crippen LogP contribution in [0, 0.1) is 0 Å². The Hall–Kier alpha value is -0.960. The second-order valence-corrected chi connectivity index (χ2v) is 7.85. The Balaban J connectivity index is 2.01. The van der Waals surface area contributed by atoms with Crippen LogP contribution in [-0.2, 0) is 14.8 Å². The molecule has 20 heavy (non-hydrogen) atoms. The molecule has 0 bridgehead atoms. The van der Waals surface area contributed by atoms with Crippen LogP contribution in [0.5, 0.6) is 0 Å². The number of carbonyl (C=O) groups is 1. The average Bonchev–Trinajstić information content (AvgIpc) is 2.92. The minimum atomic E-state index is -3.62. The third kappa shape index (κ3) is 3.57. The molecule has 8 heteroatoms. The summed E-state index contributed by atoms with van der Waals surface area (Å²) in [6, 6.07) is 2.37. The lowest BCUT2D eigenvalue weighted by molar-refractivity contribution is -0.133. The van der Waals surface area contributed by atoms with Crippen molar-refractivity contribution in [3.63, 3.8) is 0 Å². The van der Waals surface area contributed by atoms with Crippen molar-refractivity contribution in [3.8, 4) is 0 Å². The van der Waals surface area contributed by atoms with Crippen LogP contribution in [0.25, 0.3) is 0 Å². The van der Waals surface area contributed by atoms with Gasteiger partial charge in [-0.25, -0.2) is 8.42 Å². The number of amides is 1. The molecule has 1 aromatic heterocycles. The van der Waals surface area contributed by atoms with Crippen molar-refractivity contribution in [2.24, 2.45) is 5.73 Å². The van der Waals surface area contributed by atoms with Gasteiger partial charge in [-0.1, -0.05) is 6.07 Å². The molecule has 1 aliphatic heterocycles. The molecule has 2 rings (SSSR count). The molecule has 0 aliphatic carbocycles. The standard InChI is InChI=1S/C12H19N3O3S2/c1-9(12(16)15-6-2-4-10(13)8-15)14-20(17,18)11-5-3-7-19-11/h3,5,7,9-10,14H,2,4,6,8,13H2,1H3. The Morgan fingerprint density at radius 1 is 1.60 bits per heavy atom. The van der Waals surface area contributed by atoms with Crippen molar-refractivity contribution < 1.29 is 13.2 Å². The van der Waals surface area contributed by atoms with Crippen molar-refractivity contribution in [1.29, 1.82) is 0 Å². The van der Waals surface area contributed by atoms with Gasteiger partial charge >= 0.3 is 0 Å². The molecule has 3 N–H and O–H groups in total. The van der Waals surface area contributed by atoms with Gasteiger partial charge in [-0.2, -0.15) is 4.72 Å². The Bertz CT molecular complexity index is 557. The van der Waals surface area contributed by atoms with Gasteiger partial charge < -0.3 is 10.6 Å². The number of nitrogens with zero attached hydrogens (tertiary/aromatic N) is 1. The lowest BCUT2D eigenvalue weighted by Crippen LogP contribution is -2.52. The van der Waals surface area contributed by atoms with E-state index in [1.165, 1.54) is 6.07 Å². The molecule has 2 atom stereocenters. The summed E-state index contributed by atoms with van der Waals surface area (Å²) in [7, 11) is -3.62. The lowest BCUT2D eigenvalue weighted by atomic mass is 10.1. The van der Waals surface area contributed by atoms with Crippen LogP contribution >= 0.6 is 11.3 Å². The maximum atomic E-state index is 12.2. The molecule has 1 fully saturated rings. The highest BCUT2D eigenvalue weighted by Crippen LogP contribution is 2.16. The van der Waals surface area contributed by atoms with Gasteiger partial charge in [0.05, 0.1) is 6.04 Å². The average molecular weight is 317 g/mol. The van der Waals surface area contributed by atoms with E-state index in [1.807, 2.05) is 0 Å². The van der Waals surface area contributed by atoms with Crippen LogP contribution in [0.3, 0.4) is 0 Å². The van der Waals surface area contributed by atoms with E-state index >= 15 is 0 Å². The summed E-state index contributed by atoms with van der Waals surface area (Å²) in [5, 5.41) is 1.69. The first-order chi connectivity index (χ1) is 9.40. The van der Waals surface area contributed by atoms with Crippen LogP contribution in [0.1, 0.15) is 19.8 Å². The number of likely N-dealkylation sites (tertiary alicyclic amines) is 1.